The molecule has 1 unspecified atom stereocenters. The number of nitrogens with two attached hydrogens (primary N) is 1. The van der Waals surface area contributed by atoms with Gasteiger partial charge in [-0.25, -0.2) is 4.79 Å². The van der Waals surface area contributed by atoms with Crippen LogP contribution in [0.2, 0.25) is 0 Å². The van der Waals surface area contributed by atoms with Gasteiger partial charge in [0, 0.05) is 6.42 Å². The van der Waals surface area contributed by atoms with Crippen LogP contribution >= 0.6 is 11.6 Å². The second-order valence-electron chi connectivity index (χ2n) is 4.35. The van der Waals surface area contributed by atoms with E-state index < -0.39 is 17.3 Å². The third-order valence-corrected chi connectivity index (χ3v) is 3.01. The third kappa shape index (κ3) is 9.62. The summed E-state index contributed by atoms with van der Waals surface area (Å²) in [5.74, 6) is -1.71. The average molecular weight is 292 g/mol. The summed E-state index contributed by atoms with van der Waals surface area (Å²) in [5.41, 5.74) is 5.10. The van der Waals surface area contributed by atoms with E-state index in [0.717, 1.165) is 25.7 Å². The topological polar surface area (TPSA) is 86.5 Å². The van der Waals surface area contributed by atoms with Gasteiger partial charge in [-0.05, 0) is 6.42 Å². The number of carbonyl (C=O) groups excluding carboxylic acids is 3. The second kappa shape index (κ2) is 10.9. The minimum atomic E-state index is -0.800. The number of ketones is 1. The lowest BCUT2D eigenvalue weighted by Gasteiger charge is -2.08. The fourth-order valence-corrected chi connectivity index (χ4v) is 1.64. The molecule has 0 aromatic carbocycles. The zero-order valence-electron chi connectivity index (χ0n) is 11.3. The van der Waals surface area contributed by atoms with Crippen LogP contribution < -0.4 is 5.73 Å². The monoisotopic (exact) mass is 291 g/mol. The lowest BCUT2D eigenvalue weighted by atomic mass is 10.1. The Balaban J connectivity index is 3.81. The maximum Gasteiger partial charge on any atom is 0.331 e. The van der Waals surface area contributed by atoms with Crippen molar-refractivity contribution in [1.29, 1.82) is 0 Å². The van der Waals surface area contributed by atoms with E-state index in [-0.39, 0.29) is 25.2 Å². The number of Topliss-reactive ketones (excluding diaryl/α,β-unsaturated/α-hetero) is 1. The Kier molecular flexibility index (Phi) is 10.4. The molecule has 0 fully saturated rings. The molecule has 6 heteroatoms. The van der Waals surface area contributed by atoms with E-state index in [1.165, 1.54) is 0 Å². The van der Waals surface area contributed by atoms with Crippen molar-refractivity contribution in [2.75, 3.05) is 6.54 Å². The first-order valence-corrected chi connectivity index (χ1v) is 7.05. The van der Waals surface area contributed by atoms with Crippen LogP contribution in [0.1, 0.15) is 51.9 Å². The molecule has 0 rings (SSSR count). The number of hydrogen-bond donors (Lipinski definition) is 1. The number of carbonyl (C=O) groups is 3. The second-order valence-corrected chi connectivity index (χ2v) is 4.88. The highest BCUT2D eigenvalue weighted by molar-refractivity contribution is 6.30. The summed E-state index contributed by atoms with van der Waals surface area (Å²) in [7, 11) is 0. The van der Waals surface area contributed by atoms with Crippen LogP contribution in [0.15, 0.2) is 0 Å². The molecule has 0 aromatic heterocycles. The molecule has 0 saturated heterocycles. The van der Waals surface area contributed by atoms with E-state index in [0.29, 0.717) is 6.42 Å². The summed E-state index contributed by atoms with van der Waals surface area (Å²) in [5, 5.41) is -0.800. The van der Waals surface area contributed by atoms with Crippen LogP contribution in [0.25, 0.3) is 0 Å². The fourth-order valence-electron chi connectivity index (χ4n) is 1.44. The molecular formula is C13H22ClNO4. The Morgan fingerprint density at radius 3 is 2.42 bits per heavy atom. The van der Waals surface area contributed by atoms with Gasteiger partial charge in [-0.1, -0.05) is 32.6 Å². The number of esters is 2. The van der Waals surface area contributed by atoms with Crippen molar-refractivity contribution in [2.24, 2.45) is 5.73 Å². The third-order valence-electron chi connectivity index (χ3n) is 2.62. The van der Waals surface area contributed by atoms with Gasteiger partial charge in [-0.3, -0.25) is 9.59 Å². The van der Waals surface area contributed by atoms with Gasteiger partial charge in [0.25, 0.3) is 0 Å². The first-order valence-electron chi connectivity index (χ1n) is 6.61. The van der Waals surface area contributed by atoms with Crippen LogP contribution in [0.4, 0.5) is 0 Å². The van der Waals surface area contributed by atoms with Crippen LogP contribution in [0.5, 0.6) is 0 Å². The highest BCUT2D eigenvalue weighted by atomic mass is 35.5. The molecule has 0 aliphatic heterocycles. The summed E-state index contributed by atoms with van der Waals surface area (Å²) in [6, 6.07) is 0. The molecule has 0 bridgehead atoms. The van der Waals surface area contributed by atoms with Gasteiger partial charge in [-0.2, -0.15) is 0 Å². The highest BCUT2D eigenvalue weighted by Crippen LogP contribution is 2.12. The van der Waals surface area contributed by atoms with Crippen molar-refractivity contribution >= 4 is 29.3 Å². The van der Waals surface area contributed by atoms with Crippen molar-refractivity contribution in [2.45, 2.75) is 57.2 Å². The van der Waals surface area contributed by atoms with E-state index in [1.54, 1.807) is 0 Å². The van der Waals surface area contributed by atoms with Crippen molar-refractivity contribution in [3.8, 4) is 0 Å². The molecule has 110 valence electrons. The SMILES string of the molecule is CCCCCCC(Cl)C(=O)OC(=O)CCC(=O)CN. The minimum absolute atomic E-state index is 0.00787. The summed E-state index contributed by atoms with van der Waals surface area (Å²) < 4.78 is 4.56. The quantitative estimate of drug-likeness (QED) is 0.288. The molecule has 0 radical (unpaired) electrons. The van der Waals surface area contributed by atoms with Gasteiger partial charge in [0.2, 0.25) is 0 Å². The molecule has 0 amide bonds. The molecule has 19 heavy (non-hydrogen) atoms. The van der Waals surface area contributed by atoms with Gasteiger partial charge >= 0.3 is 11.9 Å². The number of ether oxygens (including phenoxy) is 1. The Morgan fingerprint density at radius 1 is 1.16 bits per heavy atom. The number of hydrogen-bond acceptors (Lipinski definition) is 5. The van der Waals surface area contributed by atoms with Crippen molar-refractivity contribution < 1.29 is 19.1 Å². The Hall–Kier alpha value is -0.940. The summed E-state index contributed by atoms with van der Waals surface area (Å²) in [6.45, 7) is 1.98. The normalized spacial score (nSPS) is 11.9. The highest BCUT2D eigenvalue weighted by Gasteiger charge is 2.20. The molecule has 0 aliphatic carbocycles. The van der Waals surface area contributed by atoms with E-state index in [9.17, 15) is 14.4 Å². The first kappa shape index (κ1) is 18.1. The van der Waals surface area contributed by atoms with E-state index in [4.69, 9.17) is 17.3 Å². The molecule has 2 N–H and O–H groups in total. The van der Waals surface area contributed by atoms with Gasteiger partial charge < -0.3 is 10.5 Å². The molecule has 1 atom stereocenters. The molecule has 0 spiro atoms. The number of rotatable bonds is 10. The van der Waals surface area contributed by atoms with Gasteiger partial charge in [0.05, 0.1) is 13.0 Å². The predicted octanol–water partition coefficient (Wildman–Crippen LogP) is 1.94. The van der Waals surface area contributed by atoms with E-state index >= 15 is 0 Å². The minimum Gasteiger partial charge on any atom is -0.392 e. The number of alkyl halides is 1. The van der Waals surface area contributed by atoms with Gasteiger partial charge in [-0.15, -0.1) is 11.6 Å². The molecule has 0 aliphatic rings. The molecule has 0 aromatic rings. The van der Waals surface area contributed by atoms with Gasteiger partial charge in [0.1, 0.15) is 11.2 Å². The maximum atomic E-state index is 11.4. The number of halogens is 1. The summed E-state index contributed by atoms with van der Waals surface area (Å²) in [4.78, 5) is 33.6. The number of unbranched alkanes of at least 4 members (excludes halogenated alkanes) is 3. The molecule has 0 heterocycles. The summed E-state index contributed by atoms with van der Waals surface area (Å²) >= 11 is 5.83. The smallest absolute Gasteiger partial charge is 0.331 e. The lowest BCUT2D eigenvalue weighted by molar-refractivity contribution is -0.159. The summed E-state index contributed by atoms with van der Waals surface area (Å²) in [6.07, 6.45) is 4.38. The largest absolute Gasteiger partial charge is 0.392 e. The van der Waals surface area contributed by atoms with Crippen molar-refractivity contribution in [3.63, 3.8) is 0 Å². The van der Waals surface area contributed by atoms with Crippen LogP contribution in [0, 0.1) is 0 Å². The Morgan fingerprint density at radius 2 is 1.84 bits per heavy atom. The maximum absolute atomic E-state index is 11.4. The average Bonchev–Trinajstić information content (AvgIpc) is 2.40. The van der Waals surface area contributed by atoms with E-state index in [2.05, 4.69) is 11.7 Å². The fraction of sp³-hybridized carbons (Fsp3) is 0.769. The first-order chi connectivity index (χ1) is 9.01. The van der Waals surface area contributed by atoms with Crippen molar-refractivity contribution in [3.05, 3.63) is 0 Å². The van der Waals surface area contributed by atoms with Crippen LogP contribution in [-0.2, 0) is 19.1 Å². The Bertz CT molecular complexity index is 307. The van der Waals surface area contributed by atoms with Crippen LogP contribution in [-0.4, -0.2) is 29.6 Å². The van der Waals surface area contributed by atoms with E-state index in [1.807, 2.05) is 0 Å². The molecular weight excluding hydrogens is 270 g/mol. The van der Waals surface area contributed by atoms with Crippen LogP contribution in [0.3, 0.4) is 0 Å². The molecule has 5 nitrogen and oxygen atoms in total. The zero-order chi connectivity index (χ0) is 14.7. The predicted molar refractivity (Wildman–Crippen MR) is 72.8 cm³/mol. The van der Waals surface area contributed by atoms with Gasteiger partial charge in [0.15, 0.2) is 0 Å². The Labute approximate surface area is 118 Å². The standard InChI is InChI=1S/C13H22ClNO4/c1-2-3-4-5-6-11(14)13(18)19-12(17)8-7-10(16)9-15/h11H,2-9,15H2,1H3. The van der Waals surface area contributed by atoms with Crippen molar-refractivity contribution in [1.82, 2.24) is 0 Å². The molecule has 0 saturated carbocycles. The lowest BCUT2D eigenvalue weighted by Crippen LogP contribution is -2.23. The zero-order valence-corrected chi connectivity index (χ0v) is 12.1.